The molecule has 0 fully saturated rings. The predicted octanol–water partition coefficient (Wildman–Crippen LogP) is 6.00. The highest BCUT2D eigenvalue weighted by molar-refractivity contribution is 5.94. The van der Waals surface area contributed by atoms with Crippen molar-refractivity contribution in [1.82, 2.24) is 0 Å². The van der Waals surface area contributed by atoms with E-state index in [4.69, 9.17) is 9.84 Å². The number of anilines is 1. The van der Waals surface area contributed by atoms with Crippen molar-refractivity contribution >= 4 is 23.1 Å². The van der Waals surface area contributed by atoms with Crippen LogP contribution in [0.15, 0.2) is 30.3 Å². The lowest BCUT2D eigenvalue weighted by atomic mass is 9.85. The Morgan fingerprint density at radius 3 is 2.28 bits per heavy atom. The van der Waals surface area contributed by atoms with Gasteiger partial charge < -0.3 is 15.2 Å². The molecule has 0 saturated heterocycles. The standard InChI is InChI=1S/C27H33NO4/c1-15(12-23(30)31)19-8-10-20(11-9-19)21-14-32-26-17(3)16(2)25(18(4)24(21)26)28-22(29)13-27(5,6)7/h8-12,21H,13-14H2,1-7H3,(H,28,29)(H,30,31)/b15-12+. The molecule has 5 heteroatoms. The average molecular weight is 436 g/mol. The predicted molar refractivity (Wildman–Crippen MR) is 128 cm³/mol. The maximum absolute atomic E-state index is 12.7. The van der Waals surface area contributed by atoms with Crippen molar-refractivity contribution in [2.75, 3.05) is 11.9 Å². The van der Waals surface area contributed by atoms with Gasteiger partial charge in [-0.2, -0.15) is 0 Å². The first-order valence-electron chi connectivity index (χ1n) is 11.0. The van der Waals surface area contributed by atoms with Gasteiger partial charge in [0.15, 0.2) is 0 Å². The highest BCUT2D eigenvalue weighted by Gasteiger charge is 2.32. The van der Waals surface area contributed by atoms with Gasteiger partial charge in [0.2, 0.25) is 5.91 Å². The van der Waals surface area contributed by atoms with E-state index in [-0.39, 0.29) is 17.2 Å². The van der Waals surface area contributed by atoms with E-state index in [0.717, 1.165) is 44.8 Å². The van der Waals surface area contributed by atoms with Crippen LogP contribution in [-0.2, 0) is 9.59 Å². The van der Waals surface area contributed by atoms with Crippen LogP contribution >= 0.6 is 0 Å². The van der Waals surface area contributed by atoms with E-state index in [1.54, 1.807) is 6.92 Å². The Kier molecular flexibility index (Phi) is 6.49. The first-order chi connectivity index (χ1) is 14.9. The second-order valence-corrected chi connectivity index (χ2v) is 9.93. The molecule has 0 bridgehead atoms. The first kappa shape index (κ1) is 23.6. The van der Waals surface area contributed by atoms with Gasteiger partial charge in [0.1, 0.15) is 5.75 Å². The number of nitrogens with one attached hydrogen (secondary N) is 1. The molecule has 1 atom stereocenters. The maximum atomic E-state index is 12.7. The van der Waals surface area contributed by atoms with Gasteiger partial charge in [-0.3, -0.25) is 4.79 Å². The van der Waals surface area contributed by atoms with Crippen LogP contribution in [0, 0.1) is 26.2 Å². The molecular weight excluding hydrogens is 402 g/mol. The van der Waals surface area contributed by atoms with E-state index in [1.165, 1.54) is 6.08 Å². The molecule has 2 aromatic carbocycles. The quantitative estimate of drug-likeness (QED) is 0.565. The average Bonchev–Trinajstić information content (AvgIpc) is 3.13. The zero-order valence-electron chi connectivity index (χ0n) is 20.1. The number of allylic oxidation sites excluding steroid dienone is 1. The number of carbonyl (C=O) groups is 2. The van der Waals surface area contributed by atoms with Crippen LogP contribution in [-0.4, -0.2) is 23.6 Å². The number of hydrogen-bond donors (Lipinski definition) is 2. The van der Waals surface area contributed by atoms with Gasteiger partial charge in [0.05, 0.1) is 6.61 Å². The molecular formula is C27H33NO4. The zero-order valence-corrected chi connectivity index (χ0v) is 20.1. The molecule has 0 saturated carbocycles. The fourth-order valence-electron chi connectivity index (χ4n) is 4.36. The molecule has 1 aliphatic heterocycles. The summed E-state index contributed by atoms with van der Waals surface area (Å²) < 4.78 is 6.13. The molecule has 0 aromatic heterocycles. The van der Waals surface area contributed by atoms with E-state index >= 15 is 0 Å². The lowest BCUT2D eigenvalue weighted by Gasteiger charge is -2.22. The summed E-state index contributed by atoms with van der Waals surface area (Å²) in [4.78, 5) is 23.6. The number of fused-ring (bicyclic) bond motifs is 1. The summed E-state index contributed by atoms with van der Waals surface area (Å²) in [6.07, 6.45) is 1.67. The molecule has 2 aromatic rings. The Morgan fingerprint density at radius 1 is 1.09 bits per heavy atom. The monoisotopic (exact) mass is 435 g/mol. The van der Waals surface area contributed by atoms with Crippen LogP contribution in [0.3, 0.4) is 0 Å². The Morgan fingerprint density at radius 2 is 1.72 bits per heavy atom. The van der Waals surface area contributed by atoms with Crippen molar-refractivity contribution in [3.63, 3.8) is 0 Å². The Labute approximate surface area is 190 Å². The number of aliphatic carboxylic acids is 1. The fourth-order valence-corrected chi connectivity index (χ4v) is 4.36. The lowest BCUT2D eigenvalue weighted by Crippen LogP contribution is -2.21. The summed E-state index contributed by atoms with van der Waals surface area (Å²) >= 11 is 0. The normalized spacial score (nSPS) is 15.8. The van der Waals surface area contributed by atoms with Crippen molar-refractivity contribution in [2.45, 2.75) is 60.8 Å². The van der Waals surface area contributed by atoms with E-state index in [2.05, 4.69) is 26.1 Å². The van der Waals surface area contributed by atoms with Crippen LogP contribution < -0.4 is 10.1 Å². The van der Waals surface area contributed by atoms with Crippen LogP contribution in [0.5, 0.6) is 5.75 Å². The third kappa shape index (κ3) is 4.87. The van der Waals surface area contributed by atoms with Gasteiger partial charge in [-0.05, 0) is 66.5 Å². The number of rotatable bonds is 5. The molecule has 1 amide bonds. The second-order valence-electron chi connectivity index (χ2n) is 9.93. The number of benzene rings is 2. The topological polar surface area (TPSA) is 75.6 Å². The number of hydrogen-bond acceptors (Lipinski definition) is 3. The summed E-state index contributed by atoms with van der Waals surface area (Å²) in [6, 6.07) is 7.96. The van der Waals surface area contributed by atoms with Crippen molar-refractivity contribution in [2.24, 2.45) is 5.41 Å². The van der Waals surface area contributed by atoms with Crippen LogP contribution in [0.4, 0.5) is 5.69 Å². The summed E-state index contributed by atoms with van der Waals surface area (Å²) in [5, 5.41) is 12.2. The van der Waals surface area contributed by atoms with Crippen molar-refractivity contribution in [1.29, 1.82) is 0 Å². The minimum absolute atomic E-state index is 0.0172. The van der Waals surface area contributed by atoms with Gasteiger partial charge in [-0.15, -0.1) is 0 Å². The Balaban J connectivity index is 1.98. The van der Waals surface area contributed by atoms with Gasteiger partial charge >= 0.3 is 5.97 Å². The van der Waals surface area contributed by atoms with E-state index in [0.29, 0.717) is 18.6 Å². The molecule has 3 rings (SSSR count). The van der Waals surface area contributed by atoms with E-state index in [1.807, 2.05) is 45.0 Å². The molecule has 0 aliphatic carbocycles. The third-order valence-electron chi connectivity index (χ3n) is 6.11. The lowest BCUT2D eigenvalue weighted by molar-refractivity contribution is -0.131. The Bertz CT molecular complexity index is 1090. The van der Waals surface area contributed by atoms with E-state index < -0.39 is 5.97 Å². The summed E-state index contributed by atoms with van der Waals surface area (Å²) in [7, 11) is 0. The molecule has 5 nitrogen and oxygen atoms in total. The molecule has 0 spiro atoms. The molecule has 1 heterocycles. The minimum Gasteiger partial charge on any atom is -0.492 e. The Hall–Kier alpha value is -3.08. The van der Waals surface area contributed by atoms with Gasteiger partial charge in [0.25, 0.3) is 0 Å². The molecule has 0 radical (unpaired) electrons. The summed E-state index contributed by atoms with van der Waals surface area (Å²) in [5.41, 5.74) is 7.73. The largest absolute Gasteiger partial charge is 0.492 e. The van der Waals surface area contributed by atoms with E-state index in [9.17, 15) is 9.59 Å². The summed E-state index contributed by atoms with van der Waals surface area (Å²) in [6.45, 7) is 14.6. The second kappa shape index (κ2) is 8.81. The number of carbonyl (C=O) groups excluding carboxylic acids is 1. The van der Waals surface area contributed by atoms with Crippen molar-refractivity contribution in [3.05, 3.63) is 63.7 Å². The highest BCUT2D eigenvalue weighted by atomic mass is 16.5. The number of carboxylic acids is 1. The van der Waals surface area contributed by atoms with Crippen molar-refractivity contribution in [3.8, 4) is 5.75 Å². The number of amides is 1. The number of carboxylic acid groups (broad SMARTS) is 1. The van der Waals surface area contributed by atoms with Crippen LogP contribution in [0.25, 0.3) is 5.57 Å². The number of ether oxygens (including phenoxy) is 1. The zero-order chi connectivity index (χ0) is 23.8. The minimum atomic E-state index is -0.952. The molecule has 2 N–H and O–H groups in total. The van der Waals surface area contributed by atoms with Crippen molar-refractivity contribution < 1.29 is 19.4 Å². The SMILES string of the molecule is C/C(=C\C(=O)O)c1ccc(C2COc3c(C)c(C)c(NC(=O)CC(C)(C)C)c(C)c32)cc1. The third-order valence-corrected chi connectivity index (χ3v) is 6.11. The maximum Gasteiger partial charge on any atom is 0.328 e. The first-order valence-corrected chi connectivity index (χ1v) is 11.0. The summed E-state index contributed by atoms with van der Waals surface area (Å²) in [5.74, 6) is 0.0287. The highest BCUT2D eigenvalue weighted by Crippen LogP contribution is 2.47. The molecule has 1 unspecified atom stereocenters. The van der Waals surface area contributed by atoms with Gasteiger partial charge in [0, 0.05) is 29.7 Å². The fraction of sp³-hybridized carbons (Fsp3) is 0.407. The molecule has 1 aliphatic rings. The molecule has 32 heavy (non-hydrogen) atoms. The molecule has 170 valence electrons. The van der Waals surface area contributed by atoms with Crippen LogP contribution in [0.1, 0.15) is 73.4 Å². The van der Waals surface area contributed by atoms with Gasteiger partial charge in [-0.25, -0.2) is 4.79 Å². The van der Waals surface area contributed by atoms with Crippen LogP contribution in [0.2, 0.25) is 0 Å². The smallest absolute Gasteiger partial charge is 0.328 e. The van der Waals surface area contributed by atoms with Gasteiger partial charge in [-0.1, -0.05) is 45.0 Å².